The summed E-state index contributed by atoms with van der Waals surface area (Å²) in [4.78, 5) is 15.7. The van der Waals surface area contributed by atoms with E-state index in [2.05, 4.69) is 10.3 Å². The average molecular weight is 324 g/mol. The van der Waals surface area contributed by atoms with Crippen LogP contribution in [0.4, 0.5) is 4.39 Å². The van der Waals surface area contributed by atoms with Crippen LogP contribution in [0.5, 0.6) is 5.75 Å². The molecule has 0 aliphatic heterocycles. The molecule has 2 aromatic carbocycles. The molecule has 1 aromatic heterocycles. The number of fused-ring (bicyclic) bond motifs is 3. The number of carbonyl (C=O) groups is 1. The van der Waals surface area contributed by atoms with Crippen molar-refractivity contribution in [2.75, 3.05) is 7.11 Å². The van der Waals surface area contributed by atoms with Gasteiger partial charge in [-0.1, -0.05) is 12.1 Å². The minimum absolute atomic E-state index is 0.0334. The Morgan fingerprint density at radius 1 is 1.25 bits per heavy atom. The topological polar surface area (TPSA) is 54.1 Å². The SMILES string of the molecule is COc1ccc2[nH]c3c(c2c1)CC(NC(=O)c1ccccc1F)C3. The van der Waals surface area contributed by atoms with Crippen LogP contribution in [-0.4, -0.2) is 24.0 Å². The van der Waals surface area contributed by atoms with Gasteiger partial charge in [0.05, 0.1) is 12.7 Å². The number of hydrogen-bond acceptors (Lipinski definition) is 2. The molecule has 1 heterocycles. The number of rotatable bonds is 3. The van der Waals surface area contributed by atoms with Crippen LogP contribution in [0.3, 0.4) is 0 Å². The second kappa shape index (κ2) is 5.67. The molecule has 5 heteroatoms. The fourth-order valence-electron chi connectivity index (χ4n) is 3.39. The van der Waals surface area contributed by atoms with Crippen LogP contribution in [-0.2, 0) is 12.8 Å². The molecule has 1 unspecified atom stereocenters. The number of halogens is 1. The van der Waals surface area contributed by atoms with Gasteiger partial charge in [-0.25, -0.2) is 4.39 Å². The predicted octanol–water partition coefficient (Wildman–Crippen LogP) is 3.21. The van der Waals surface area contributed by atoms with Gasteiger partial charge >= 0.3 is 0 Å². The van der Waals surface area contributed by atoms with Gasteiger partial charge in [0, 0.05) is 29.1 Å². The van der Waals surface area contributed by atoms with Gasteiger partial charge in [0.15, 0.2) is 0 Å². The molecular weight excluding hydrogens is 307 g/mol. The lowest BCUT2D eigenvalue weighted by Crippen LogP contribution is -2.35. The first-order chi connectivity index (χ1) is 11.7. The van der Waals surface area contributed by atoms with E-state index in [1.807, 2.05) is 18.2 Å². The molecule has 3 aromatic rings. The summed E-state index contributed by atoms with van der Waals surface area (Å²) >= 11 is 0. The monoisotopic (exact) mass is 324 g/mol. The number of H-pyrrole nitrogens is 1. The Balaban J connectivity index is 1.55. The normalized spacial score (nSPS) is 16.2. The largest absolute Gasteiger partial charge is 0.497 e. The van der Waals surface area contributed by atoms with E-state index in [4.69, 9.17) is 4.74 Å². The lowest BCUT2D eigenvalue weighted by atomic mass is 10.1. The highest BCUT2D eigenvalue weighted by Gasteiger charge is 2.27. The molecule has 1 amide bonds. The maximum atomic E-state index is 13.7. The molecule has 4 nitrogen and oxygen atoms in total. The first-order valence-corrected chi connectivity index (χ1v) is 7.88. The molecule has 0 saturated heterocycles. The van der Waals surface area contributed by atoms with E-state index in [1.54, 1.807) is 19.2 Å². The molecule has 1 aliphatic carbocycles. The Hall–Kier alpha value is -2.82. The maximum absolute atomic E-state index is 13.7. The zero-order chi connectivity index (χ0) is 16.7. The molecule has 0 fully saturated rings. The zero-order valence-electron chi connectivity index (χ0n) is 13.2. The Morgan fingerprint density at radius 3 is 2.88 bits per heavy atom. The Bertz CT molecular complexity index is 932. The van der Waals surface area contributed by atoms with Crippen molar-refractivity contribution in [1.82, 2.24) is 10.3 Å². The van der Waals surface area contributed by atoms with Crippen molar-refractivity contribution >= 4 is 16.8 Å². The van der Waals surface area contributed by atoms with Gasteiger partial charge in [0.2, 0.25) is 0 Å². The van der Waals surface area contributed by atoms with Crippen LogP contribution >= 0.6 is 0 Å². The molecule has 0 spiro atoms. The number of aromatic amines is 1. The summed E-state index contributed by atoms with van der Waals surface area (Å²) in [5.41, 5.74) is 3.47. The number of carbonyl (C=O) groups excluding carboxylic acids is 1. The highest BCUT2D eigenvalue weighted by atomic mass is 19.1. The molecule has 122 valence electrons. The predicted molar refractivity (Wildman–Crippen MR) is 89.9 cm³/mol. The average Bonchev–Trinajstić information content (AvgIpc) is 3.11. The van der Waals surface area contributed by atoms with E-state index in [0.29, 0.717) is 6.42 Å². The first-order valence-electron chi connectivity index (χ1n) is 7.88. The Kier molecular flexibility index (Phi) is 3.49. The number of hydrogen-bond donors (Lipinski definition) is 2. The zero-order valence-corrected chi connectivity index (χ0v) is 13.2. The maximum Gasteiger partial charge on any atom is 0.254 e. The van der Waals surface area contributed by atoms with E-state index in [0.717, 1.165) is 28.8 Å². The van der Waals surface area contributed by atoms with Gasteiger partial charge in [-0.3, -0.25) is 4.79 Å². The third-order valence-electron chi connectivity index (χ3n) is 4.56. The molecule has 0 radical (unpaired) electrons. The highest BCUT2D eigenvalue weighted by Crippen LogP contribution is 2.32. The molecule has 1 atom stereocenters. The van der Waals surface area contributed by atoms with Crippen molar-refractivity contribution in [3.63, 3.8) is 0 Å². The second-order valence-electron chi connectivity index (χ2n) is 6.05. The van der Waals surface area contributed by atoms with Crippen molar-refractivity contribution < 1.29 is 13.9 Å². The fraction of sp³-hybridized carbons (Fsp3) is 0.211. The number of methoxy groups -OCH3 is 1. The van der Waals surface area contributed by atoms with Gasteiger partial charge in [-0.15, -0.1) is 0 Å². The summed E-state index contributed by atoms with van der Waals surface area (Å²) in [6.07, 6.45) is 1.44. The molecule has 2 N–H and O–H groups in total. The quantitative estimate of drug-likeness (QED) is 0.777. The van der Waals surface area contributed by atoms with Crippen LogP contribution in [0, 0.1) is 5.82 Å². The lowest BCUT2D eigenvalue weighted by molar-refractivity contribution is 0.0934. The van der Waals surface area contributed by atoms with Crippen LogP contribution in [0.15, 0.2) is 42.5 Å². The summed E-state index contributed by atoms with van der Waals surface area (Å²) in [5.74, 6) is -0.0602. The van der Waals surface area contributed by atoms with Gasteiger partial charge in [-0.2, -0.15) is 0 Å². The van der Waals surface area contributed by atoms with Crippen molar-refractivity contribution in [2.45, 2.75) is 18.9 Å². The van der Waals surface area contributed by atoms with E-state index in [1.165, 1.54) is 17.7 Å². The molecular formula is C19H17FN2O2. The van der Waals surface area contributed by atoms with Gasteiger partial charge in [-0.05, 0) is 42.3 Å². The van der Waals surface area contributed by atoms with Crippen molar-refractivity contribution in [2.24, 2.45) is 0 Å². The van der Waals surface area contributed by atoms with Crippen LogP contribution in [0.1, 0.15) is 21.6 Å². The molecule has 0 saturated carbocycles. The van der Waals surface area contributed by atoms with Gasteiger partial charge in [0.1, 0.15) is 11.6 Å². The van der Waals surface area contributed by atoms with Gasteiger partial charge < -0.3 is 15.0 Å². The number of nitrogens with one attached hydrogen (secondary N) is 2. The second-order valence-corrected chi connectivity index (χ2v) is 6.05. The minimum atomic E-state index is -0.498. The molecule has 4 rings (SSSR count). The van der Waals surface area contributed by atoms with Crippen molar-refractivity contribution in [3.8, 4) is 5.75 Å². The summed E-state index contributed by atoms with van der Waals surface area (Å²) in [7, 11) is 1.64. The smallest absolute Gasteiger partial charge is 0.254 e. The summed E-state index contributed by atoms with van der Waals surface area (Å²) in [6, 6.07) is 11.9. The lowest BCUT2D eigenvalue weighted by Gasteiger charge is -2.13. The third kappa shape index (κ3) is 2.42. The summed E-state index contributed by atoms with van der Waals surface area (Å²) in [6.45, 7) is 0. The number of benzene rings is 2. The fourth-order valence-corrected chi connectivity index (χ4v) is 3.39. The number of aromatic nitrogens is 1. The van der Waals surface area contributed by atoms with E-state index in [-0.39, 0.29) is 17.5 Å². The van der Waals surface area contributed by atoms with Crippen molar-refractivity contribution in [3.05, 3.63) is 65.1 Å². The highest BCUT2D eigenvalue weighted by molar-refractivity contribution is 5.95. The van der Waals surface area contributed by atoms with Crippen LogP contribution < -0.4 is 10.1 Å². The third-order valence-corrected chi connectivity index (χ3v) is 4.56. The molecule has 0 bridgehead atoms. The van der Waals surface area contributed by atoms with E-state index >= 15 is 0 Å². The minimum Gasteiger partial charge on any atom is -0.497 e. The van der Waals surface area contributed by atoms with Crippen LogP contribution in [0.2, 0.25) is 0 Å². The molecule has 24 heavy (non-hydrogen) atoms. The Morgan fingerprint density at radius 2 is 2.08 bits per heavy atom. The van der Waals surface area contributed by atoms with Crippen molar-refractivity contribution in [1.29, 1.82) is 0 Å². The number of amides is 1. The van der Waals surface area contributed by atoms with E-state index < -0.39 is 5.82 Å². The van der Waals surface area contributed by atoms with Gasteiger partial charge in [0.25, 0.3) is 5.91 Å². The number of ether oxygens (including phenoxy) is 1. The summed E-state index contributed by atoms with van der Waals surface area (Å²) in [5, 5.41) is 4.05. The van der Waals surface area contributed by atoms with E-state index in [9.17, 15) is 9.18 Å². The summed E-state index contributed by atoms with van der Waals surface area (Å²) < 4.78 is 19.0. The Labute approximate surface area is 138 Å². The first kappa shape index (κ1) is 14.8. The standard InChI is InChI=1S/C19H17FN2O2/c1-24-12-6-7-17-15(10-12)14-8-11(9-18(14)22-17)21-19(23)13-4-2-3-5-16(13)20/h2-7,10-11,22H,8-9H2,1H3,(H,21,23). The molecule has 1 aliphatic rings. The van der Waals surface area contributed by atoms with Crippen LogP contribution in [0.25, 0.3) is 10.9 Å².